The molecule has 35 heavy (non-hydrogen) atoms. The normalized spacial score (nSPS) is 14.4. The zero-order chi connectivity index (χ0) is 25.5. The second-order valence-electron chi connectivity index (χ2n) is 7.76. The van der Waals surface area contributed by atoms with Crippen LogP contribution in [-0.4, -0.2) is 50.4 Å². The first-order valence-electron chi connectivity index (χ1n) is 11.8. The minimum Gasteiger partial charge on any atom is -0.353 e. The van der Waals surface area contributed by atoms with Crippen LogP contribution in [0.5, 0.6) is 0 Å². The Bertz CT molecular complexity index is 845. The van der Waals surface area contributed by atoms with Gasteiger partial charge in [0, 0.05) is 13.2 Å². The van der Waals surface area contributed by atoms with Crippen molar-refractivity contribution in [2.24, 2.45) is 0 Å². The summed E-state index contributed by atoms with van der Waals surface area (Å²) in [5.41, 5.74) is 1.63. The van der Waals surface area contributed by atoms with Gasteiger partial charge in [-0.1, -0.05) is 60.7 Å². The average Bonchev–Trinajstić information content (AvgIpc) is 2.86. The summed E-state index contributed by atoms with van der Waals surface area (Å²) >= 11 is 0. The molecular formula is C26H37O8P. The maximum Gasteiger partial charge on any atom is 0.338 e. The Morgan fingerprint density at radius 1 is 0.771 bits per heavy atom. The van der Waals surface area contributed by atoms with Gasteiger partial charge < -0.3 is 28.0 Å². The SMILES string of the molecule is CCOC(C)OCC(OC(C)OCC)C(=O)CP(=O)(OCc1ccccc1)OCc1ccccc1. The van der Waals surface area contributed by atoms with E-state index >= 15 is 0 Å². The van der Waals surface area contributed by atoms with E-state index in [2.05, 4.69) is 0 Å². The smallest absolute Gasteiger partial charge is 0.338 e. The summed E-state index contributed by atoms with van der Waals surface area (Å²) in [4.78, 5) is 13.3. The van der Waals surface area contributed by atoms with Gasteiger partial charge in [0.25, 0.3) is 0 Å². The zero-order valence-electron chi connectivity index (χ0n) is 21.0. The van der Waals surface area contributed by atoms with Crippen LogP contribution in [0.1, 0.15) is 38.8 Å². The molecule has 0 amide bonds. The summed E-state index contributed by atoms with van der Waals surface area (Å²) in [6.45, 7) is 7.96. The van der Waals surface area contributed by atoms with E-state index in [1.54, 1.807) is 13.8 Å². The Hall–Kier alpha value is -1.90. The monoisotopic (exact) mass is 508 g/mol. The van der Waals surface area contributed by atoms with Crippen LogP contribution in [0.3, 0.4) is 0 Å². The molecule has 0 fully saturated rings. The number of carbonyl (C=O) groups excluding carboxylic acids is 1. The fraction of sp³-hybridized carbons (Fsp3) is 0.500. The lowest BCUT2D eigenvalue weighted by Crippen LogP contribution is -2.37. The van der Waals surface area contributed by atoms with Gasteiger partial charge in [-0.2, -0.15) is 0 Å². The largest absolute Gasteiger partial charge is 0.353 e. The van der Waals surface area contributed by atoms with E-state index in [0.717, 1.165) is 11.1 Å². The Morgan fingerprint density at radius 2 is 1.26 bits per heavy atom. The molecule has 0 heterocycles. The molecule has 0 aliphatic heterocycles. The van der Waals surface area contributed by atoms with Crippen molar-refractivity contribution in [1.82, 2.24) is 0 Å². The van der Waals surface area contributed by atoms with Crippen molar-refractivity contribution in [3.05, 3.63) is 71.8 Å². The molecule has 0 N–H and O–H groups in total. The highest BCUT2D eigenvalue weighted by Gasteiger charge is 2.34. The van der Waals surface area contributed by atoms with Gasteiger partial charge in [0.05, 0.1) is 19.8 Å². The number of Topliss-reactive ketones (excluding diaryl/α,β-unsaturated/α-hetero) is 1. The number of benzene rings is 2. The molecule has 9 heteroatoms. The van der Waals surface area contributed by atoms with Crippen LogP contribution in [0.25, 0.3) is 0 Å². The lowest BCUT2D eigenvalue weighted by Gasteiger charge is -2.25. The van der Waals surface area contributed by atoms with Gasteiger partial charge in [0.2, 0.25) is 0 Å². The second kappa shape index (κ2) is 16.0. The molecule has 0 aromatic heterocycles. The van der Waals surface area contributed by atoms with Crippen LogP contribution in [0.2, 0.25) is 0 Å². The van der Waals surface area contributed by atoms with Crippen LogP contribution in [0, 0.1) is 0 Å². The van der Waals surface area contributed by atoms with Crippen molar-refractivity contribution in [1.29, 1.82) is 0 Å². The first kappa shape index (κ1) is 29.3. The molecule has 2 rings (SSSR count). The molecule has 0 aliphatic carbocycles. The molecule has 3 atom stereocenters. The Morgan fingerprint density at radius 3 is 1.74 bits per heavy atom. The standard InChI is InChI=1S/C26H37O8P/c1-5-29-21(3)31-19-26(34-22(4)30-6-2)25(27)20-35(28,32-17-23-13-9-7-10-14-23)33-18-24-15-11-8-12-16-24/h7-16,21-22,26H,5-6,17-20H2,1-4H3. The highest BCUT2D eigenvalue weighted by molar-refractivity contribution is 7.54. The van der Waals surface area contributed by atoms with E-state index in [1.165, 1.54) is 0 Å². The van der Waals surface area contributed by atoms with E-state index in [0.29, 0.717) is 13.2 Å². The van der Waals surface area contributed by atoms with Gasteiger partial charge in [-0.15, -0.1) is 0 Å². The Kier molecular flexibility index (Phi) is 13.4. The third kappa shape index (κ3) is 11.6. The quantitative estimate of drug-likeness (QED) is 0.197. The first-order chi connectivity index (χ1) is 16.8. The summed E-state index contributed by atoms with van der Waals surface area (Å²) in [5.74, 6) is -0.468. The van der Waals surface area contributed by atoms with Crippen LogP contribution < -0.4 is 0 Å². The van der Waals surface area contributed by atoms with Gasteiger partial charge in [-0.05, 0) is 38.8 Å². The molecule has 0 saturated heterocycles. The van der Waals surface area contributed by atoms with Gasteiger partial charge in [-0.25, -0.2) is 0 Å². The second-order valence-corrected chi connectivity index (χ2v) is 9.81. The third-order valence-corrected chi connectivity index (χ3v) is 6.63. The summed E-state index contributed by atoms with van der Waals surface area (Å²) in [6.07, 6.45) is -2.69. The van der Waals surface area contributed by atoms with Crippen molar-refractivity contribution in [3.8, 4) is 0 Å². The van der Waals surface area contributed by atoms with Gasteiger partial charge in [0.1, 0.15) is 12.3 Å². The van der Waals surface area contributed by atoms with Gasteiger partial charge >= 0.3 is 7.60 Å². The number of carbonyl (C=O) groups is 1. The number of ketones is 1. The first-order valence-corrected chi connectivity index (χ1v) is 13.6. The van der Waals surface area contributed by atoms with Crippen LogP contribution in [-0.2, 0) is 50.6 Å². The molecule has 3 unspecified atom stereocenters. The van der Waals surface area contributed by atoms with Crippen LogP contribution in [0.4, 0.5) is 0 Å². The zero-order valence-corrected chi connectivity index (χ0v) is 21.9. The number of hydrogen-bond donors (Lipinski definition) is 0. The summed E-state index contributed by atoms with van der Waals surface area (Å²) < 4.78 is 47.4. The molecule has 0 aliphatic rings. The van der Waals surface area contributed by atoms with Crippen molar-refractivity contribution in [3.63, 3.8) is 0 Å². The number of hydrogen-bond acceptors (Lipinski definition) is 8. The fourth-order valence-electron chi connectivity index (χ4n) is 3.13. The van der Waals surface area contributed by atoms with Crippen LogP contribution >= 0.6 is 7.60 Å². The lowest BCUT2D eigenvalue weighted by atomic mass is 10.2. The molecule has 0 saturated carbocycles. The Balaban J connectivity index is 2.14. The number of ether oxygens (including phenoxy) is 4. The van der Waals surface area contributed by atoms with Crippen LogP contribution in [0.15, 0.2) is 60.7 Å². The van der Waals surface area contributed by atoms with Crippen molar-refractivity contribution >= 4 is 13.4 Å². The highest BCUT2D eigenvalue weighted by Crippen LogP contribution is 2.50. The summed E-state index contributed by atoms with van der Waals surface area (Å²) in [5, 5.41) is 0. The maximum absolute atomic E-state index is 13.7. The molecule has 0 bridgehead atoms. The van der Waals surface area contributed by atoms with E-state index in [4.69, 9.17) is 28.0 Å². The molecule has 0 radical (unpaired) electrons. The molecule has 2 aromatic rings. The Labute approximate surface area is 208 Å². The van der Waals surface area contributed by atoms with E-state index in [1.807, 2.05) is 74.5 Å². The van der Waals surface area contributed by atoms with Crippen molar-refractivity contribution < 1.29 is 37.4 Å². The molecule has 8 nitrogen and oxygen atoms in total. The molecule has 2 aromatic carbocycles. The minimum absolute atomic E-state index is 0.0406. The van der Waals surface area contributed by atoms with E-state index < -0.39 is 38.2 Å². The number of rotatable bonds is 18. The lowest BCUT2D eigenvalue weighted by molar-refractivity contribution is -0.197. The van der Waals surface area contributed by atoms with Crippen molar-refractivity contribution in [2.75, 3.05) is 26.0 Å². The summed E-state index contributed by atoms with van der Waals surface area (Å²) in [7, 11) is -3.84. The third-order valence-electron chi connectivity index (χ3n) is 4.89. The molecule has 194 valence electrons. The average molecular weight is 509 g/mol. The minimum atomic E-state index is -3.84. The van der Waals surface area contributed by atoms with Gasteiger partial charge in [-0.3, -0.25) is 9.36 Å². The highest BCUT2D eigenvalue weighted by atomic mass is 31.2. The van der Waals surface area contributed by atoms with E-state index in [-0.39, 0.29) is 19.8 Å². The molecular weight excluding hydrogens is 471 g/mol. The summed E-state index contributed by atoms with van der Waals surface area (Å²) in [6, 6.07) is 18.6. The topological polar surface area (TPSA) is 89.5 Å². The van der Waals surface area contributed by atoms with Gasteiger partial charge in [0.15, 0.2) is 18.4 Å². The predicted octanol–water partition coefficient (Wildman–Crippen LogP) is 5.35. The predicted molar refractivity (Wildman–Crippen MR) is 133 cm³/mol. The van der Waals surface area contributed by atoms with E-state index in [9.17, 15) is 9.36 Å². The maximum atomic E-state index is 13.7. The molecule has 0 spiro atoms. The fourth-order valence-corrected chi connectivity index (χ4v) is 4.67. The van der Waals surface area contributed by atoms with Crippen molar-refractivity contribution in [2.45, 2.75) is 59.6 Å².